The van der Waals surface area contributed by atoms with Gasteiger partial charge in [0.15, 0.2) is 0 Å². The number of β-amino-alcohol motifs (C(OH)–C–C–N with tert-alkyl or cyclic N) is 1. The number of nitrogens with one attached hydrogen (secondary N) is 2. The number of benzene rings is 4. The number of amides is 3. The first-order valence-electron chi connectivity index (χ1n) is 24.8. The molecule has 2 saturated heterocycles. The van der Waals surface area contributed by atoms with Gasteiger partial charge in [-0.05, 0) is 120 Å². The summed E-state index contributed by atoms with van der Waals surface area (Å²) in [5.41, 5.74) is 6.19. The number of thiazole rings is 1. The first kappa shape index (κ1) is 54.8. The summed E-state index contributed by atoms with van der Waals surface area (Å²) in [5.74, 6) is -0.285. The van der Waals surface area contributed by atoms with Crippen molar-refractivity contribution < 1.29 is 60.4 Å². The topological polar surface area (TPSA) is 197 Å². The average Bonchev–Trinajstić information content (AvgIpc) is 4.19. The number of anilines is 1. The van der Waals surface area contributed by atoms with Gasteiger partial charge in [-0.25, -0.2) is 13.4 Å². The lowest BCUT2D eigenvalue weighted by atomic mass is 9.83. The lowest BCUT2D eigenvalue weighted by molar-refractivity contribution is -0.144. The van der Waals surface area contributed by atoms with Gasteiger partial charge in [0.2, 0.25) is 27.7 Å². The lowest BCUT2D eigenvalue weighted by Gasteiger charge is -2.35. The molecule has 0 spiro atoms. The number of aliphatic hydroxyl groups is 1. The highest BCUT2D eigenvalue weighted by atomic mass is 32.2. The largest absolute Gasteiger partial charge is 0.508 e. The number of methoxy groups -OCH3 is 1. The number of aromatic nitrogens is 1. The van der Waals surface area contributed by atoms with Crippen LogP contribution in [0.3, 0.4) is 0 Å². The van der Waals surface area contributed by atoms with Crippen molar-refractivity contribution in [3.63, 3.8) is 0 Å². The highest BCUT2D eigenvalue weighted by molar-refractivity contribution is 7.93. The molecule has 20 heteroatoms. The predicted molar refractivity (Wildman–Crippen MR) is 279 cm³/mol. The minimum Gasteiger partial charge on any atom is -0.508 e. The maximum absolute atomic E-state index is 14.4. The number of halogens is 3. The number of carbonyl (C=O) groups excluding carboxylic acids is 3. The van der Waals surface area contributed by atoms with Crippen LogP contribution in [0.5, 0.6) is 17.2 Å². The van der Waals surface area contributed by atoms with E-state index in [1.807, 2.05) is 52.0 Å². The first-order chi connectivity index (χ1) is 35.6. The number of hydrogen-bond acceptors (Lipinski definition) is 12. The number of hydrogen-bond donors (Lipinski definition) is 4. The number of likely N-dealkylation sites (tertiary alicyclic amines) is 1. The number of sulfonamides is 1. The van der Waals surface area contributed by atoms with Crippen LogP contribution in [0.15, 0.2) is 103 Å². The number of nitrogens with zero attached hydrogens (tertiary/aromatic N) is 3. The molecule has 15 nitrogen and oxygen atoms in total. The van der Waals surface area contributed by atoms with Gasteiger partial charge in [-0.1, -0.05) is 69.3 Å². The normalized spacial score (nSPS) is 20.0. The number of ether oxygens (including phenoxy) is 3. The number of alkyl halides is 3. The van der Waals surface area contributed by atoms with Gasteiger partial charge in [-0.15, -0.1) is 11.3 Å². The minimum atomic E-state index is -4.85. The smallest absolute Gasteiger partial charge is 0.407 e. The zero-order chi connectivity index (χ0) is 53.8. The Kier molecular flexibility index (Phi) is 16.6. The molecule has 8 rings (SSSR count). The molecule has 0 aliphatic carbocycles. The Balaban J connectivity index is 0.851. The Morgan fingerprint density at radius 3 is 2.15 bits per heavy atom. The summed E-state index contributed by atoms with van der Waals surface area (Å²) in [6.07, 6.45) is -5.81. The van der Waals surface area contributed by atoms with E-state index in [0.717, 1.165) is 21.7 Å². The summed E-state index contributed by atoms with van der Waals surface area (Å²) < 4.78 is 88.8. The number of aromatic hydroxyl groups is 1. The molecule has 1 aromatic heterocycles. The van der Waals surface area contributed by atoms with Gasteiger partial charge in [0.25, 0.3) is 0 Å². The number of phenolic OH excluding ortho intramolecular Hbond substituents is 1. The van der Waals surface area contributed by atoms with Crippen LogP contribution in [-0.2, 0) is 35.7 Å². The van der Waals surface area contributed by atoms with Gasteiger partial charge in [0, 0.05) is 25.9 Å². The van der Waals surface area contributed by atoms with Crippen molar-refractivity contribution in [2.75, 3.05) is 31.1 Å². The summed E-state index contributed by atoms with van der Waals surface area (Å²) >= 11 is 1.56. The van der Waals surface area contributed by atoms with Gasteiger partial charge < -0.3 is 40.0 Å². The SMILES string of the molecule is COc1ccc(N(CC(F)(F)F)S(=O)(=O)C2CC3OC2C(c2ccc(OCCCCCC(=O)NC(C(=O)N4CC(O)CC4C(=O)NCc4ccc(-c5scnc5C)cc4)C(C)(C)C)cc2)=C3c2ccc(O)cc2)cc1. The Labute approximate surface area is 438 Å². The molecule has 6 atom stereocenters. The van der Waals surface area contributed by atoms with E-state index in [4.69, 9.17) is 14.2 Å². The second-order valence-electron chi connectivity index (χ2n) is 20.2. The molecule has 5 aromatic rings. The minimum absolute atomic E-state index is 0.0215. The van der Waals surface area contributed by atoms with E-state index in [9.17, 15) is 46.2 Å². The summed E-state index contributed by atoms with van der Waals surface area (Å²) in [6.45, 7) is 6.20. The Morgan fingerprint density at radius 1 is 0.880 bits per heavy atom. The highest BCUT2D eigenvalue weighted by Gasteiger charge is 2.55. The van der Waals surface area contributed by atoms with Crippen molar-refractivity contribution in [2.24, 2.45) is 5.41 Å². The molecule has 3 aliphatic heterocycles. The van der Waals surface area contributed by atoms with Crippen LogP contribution in [0.1, 0.15) is 81.7 Å². The molecule has 2 fully saturated rings. The Bertz CT molecular complexity index is 2960. The number of rotatable bonds is 20. The molecule has 400 valence electrons. The third kappa shape index (κ3) is 12.8. The van der Waals surface area contributed by atoms with Crippen molar-refractivity contribution >= 4 is 55.9 Å². The van der Waals surface area contributed by atoms with Crippen LogP contribution in [0.25, 0.3) is 21.6 Å². The average molecular weight is 1070 g/mol. The quantitative estimate of drug-likeness (QED) is 0.0546. The van der Waals surface area contributed by atoms with Gasteiger partial charge in [-0.2, -0.15) is 13.2 Å². The van der Waals surface area contributed by atoms with E-state index in [1.54, 1.807) is 53.2 Å². The molecule has 4 aromatic carbocycles. The van der Waals surface area contributed by atoms with Gasteiger partial charge >= 0.3 is 6.18 Å². The van der Waals surface area contributed by atoms with E-state index >= 15 is 0 Å². The first-order valence-corrected chi connectivity index (χ1v) is 27.2. The van der Waals surface area contributed by atoms with Crippen molar-refractivity contribution in [3.8, 4) is 27.7 Å². The maximum Gasteiger partial charge on any atom is 0.407 e. The van der Waals surface area contributed by atoms with Crippen molar-refractivity contribution in [3.05, 3.63) is 125 Å². The van der Waals surface area contributed by atoms with Crippen LogP contribution in [-0.4, -0.2) is 115 Å². The fourth-order valence-corrected chi connectivity index (χ4v) is 12.7. The third-order valence-electron chi connectivity index (χ3n) is 13.7. The number of fused-ring (bicyclic) bond motifs is 2. The second-order valence-corrected chi connectivity index (χ2v) is 23.1. The van der Waals surface area contributed by atoms with Crippen LogP contribution in [0.4, 0.5) is 18.9 Å². The summed E-state index contributed by atoms with van der Waals surface area (Å²) in [6, 6.07) is 24.6. The van der Waals surface area contributed by atoms with Crippen molar-refractivity contribution in [1.82, 2.24) is 20.5 Å². The highest BCUT2D eigenvalue weighted by Crippen LogP contribution is 2.52. The maximum atomic E-state index is 14.4. The fraction of sp³-hybridized carbons (Fsp3) is 0.418. The van der Waals surface area contributed by atoms with E-state index in [1.165, 1.54) is 48.4 Å². The van der Waals surface area contributed by atoms with E-state index < -0.39 is 75.6 Å². The van der Waals surface area contributed by atoms with E-state index in [-0.39, 0.29) is 49.7 Å². The molecule has 4 N–H and O–H groups in total. The molecule has 0 saturated carbocycles. The number of carbonyl (C=O) groups is 3. The van der Waals surface area contributed by atoms with E-state index in [0.29, 0.717) is 63.9 Å². The molecule has 3 amide bonds. The van der Waals surface area contributed by atoms with Crippen LogP contribution in [0, 0.1) is 12.3 Å². The molecule has 6 unspecified atom stereocenters. The van der Waals surface area contributed by atoms with Crippen LogP contribution < -0.4 is 24.4 Å². The Morgan fingerprint density at radius 2 is 1.52 bits per heavy atom. The van der Waals surface area contributed by atoms with Crippen molar-refractivity contribution in [2.45, 2.75) is 115 Å². The number of aliphatic hydroxyl groups excluding tert-OH is 1. The molecular weight excluding hydrogens is 1010 g/mol. The second kappa shape index (κ2) is 22.8. The molecular formula is C55H62F3N5O10S2. The van der Waals surface area contributed by atoms with Crippen LogP contribution in [0.2, 0.25) is 0 Å². The molecule has 75 heavy (non-hydrogen) atoms. The molecule has 4 heterocycles. The van der Waals surface area contributed by atoms with Crippen LogP contribution >= 0.6 is 11.3 Å². The zero-order valence-corrected chi connectivity index (χ0v) is 43.9. The van der Waals surface area contributed by atoms with Gasteiger partial charge in [0.05, 0.1) is 47.7 Å². The zero-order valence-electron chi connectivity index (χ0n) is 42.3. The summed E-state index contributed by atoms with van der Waals surface area (Å²) in [7, 11) is -3.29. The van der Waals surface area contributed by atoms with Crippen molar-refractivity contribution in [1.29, 1.82) is 0 Å². The lowest BCUT2D eigenvalue weighted by Crippen LogP contribution is -2.57. The molecule has 0 radical (unpaired) electrons. The predicted octanol–water partition coefficient (Wildman–Crippen LogP) is 8.43. The summed E-state index contributed by atoms with van der Waals surface area (Å²) in [4.78, 5) is 47.7. The summed E-state index contributed by atoms with van der Waals surface area (Å²) in [5, 5.41) is 25.1. The third-order valence-corrected chi connectivity index (χ3v) is 16.9. The standard InChI is InChI=1S/C55H62F3N5O10S2/c1-33-50(74-32-60-33)37-12-10-34(11-13-37)29-59-52(67)43-27-40(65)30-62(43)53(68)51(54(2,3)4)61-46(66)9-7-6-8-26-72-42-22-16-36(17-23-42)48-47(35-14-20-39(64)21-15-35)44-28-45(49(48)73-44)75(69,70)63(31-55(56,57)58)38-18-24-41(71-5)25-19-38/h10-25,32,40,43-45,49,51,64-65H,6-9,26-31H2,1-5H3,(H,59,67)(H,61,66). The fourth-order valence-electron chi connectivity index (χ4n) is 9.90. The number of aryl methyl sites for hydroxylation is 1. The number of phenols is 1. The number of unbranched alkanes of at least 4 members (excludes halogenated alkanes) is 2. The van der Waals surface area contributed by atoms with E-state index in [2.05, 4.69) is 15.6 Å². The van der Waals surface area contributed by atoms with Gasteiger partial charge in [0.1, 0.15) is 47.2 Å². The monoisotopic (exact) mass is 1070 g/mol. The Hall–Kier alpha value is -6.48. The molecule has 3 aliphatic rings. The van der Waals surface area contributed by atoms with Gasteiger partial charge in [-0.3, -0.25) is 18.7 Å². The molecule has 2 bridgehead atoms.